The summed E-state index contributed by atoms with van der Waals surface area (Å²) in [6, 6.07) is 8.98. The van der Waals surface area contributed by atoms with Gasteiger partial charge in [0.2, 0.25) is 0 Å². The van der Waals surface area contributed by atoms with Crippen molar-refractivity contribution in [1.29, 1.82) is 0 Å². The predicted octanol–water partition coefficient (Wildman–Crippen LogP) is 4.42. The van der Waals surface area contributed by atoms with Crippen molar-refractivity contribution in [2.24, 2.45) is 0 Å². The van der Waals surface area contributed by atoms with Crippen LogP contribution in [-0.4, -0.2) is 10.8 Å². The van der Waals surface area contributed by atoms with Crippen molar-refractivity contribution in [3.63, 3.8) is 0 Å². The van der Waals surface area contributed by atoms with Gasteiger partial charge < -0.3 is 0 Å². The summed E-state index contributed by atoms with van der Waals surface area (Å²) < 4.78 is 4.91. The summed E-state index contributed by atoms with van der Waals surface area (Å²) in [6.45, 7) is 8.88. The fourth-order valence-electron chi connectivity index (χ4n) is 1.34. The molecule has 90 valence electrons. The van der Waals surface area contributed by atoms with Gasteiger partial charge in [0.15, 0.2) is 0 Å². The van der Waals surface area contributed by atoms with Crippen molar-refractivity contribution in [3.8, 4) is 0 Å². The molecule has 0 aliphatic heterocycles. The third-order valence-corrected chi connectivity index (χ3v) is 3.62. The third kappa shape index (κ3) is 5.92. The maximum atomic E-state index is 3.50. The minimum Gasteiger partial charge on any atom is -0.261 e. The van der Waals surface area contributed by atoms with Gasteiger partial charge in [0, 0.05) is 15.3 Å². The van der Waals surface area contributed by atoms with Gasteiger partial charge in [-0.25, -0.2) is 0 Å². The second-order valence-corrected chi connectivity index (χ2v) is 7.65. The van der Waals surface area contributed by atoms with E-state index in [2.05, 4.69) is 72.6 Å². The van der Waals surface area contributed by atoms with Gasteiger partial charge in [-0.15, -0.1) is 0 Å². The van der Waals surface area contributed by atoms with Crippen molar-refractivity contribution in [2.75, 3.05) is 0 Å². The zero-order valence-corrected chi connectivity index (χ0v) is 12.8. The Morgan fingerprint density at radius 1 is 1.38 bits per heavy atom. The van der Waals surface area contributed by atoms with E-state index in [1.165, 1.54) is 5.56 Å². The molecular formula is C13H20BrNS. The minimum absolute atomic E-state index is 0.269. The molecule has 0 radical (unpaired) electrons. The lowest BCUT2D eigenvalue weighted by atomic mass is 10.1. The molecule has 0 bridgehead atoms. The zero-order valence-electron chi connectivity index (χ0n) is 10.4. The number of nitrogens with one attached hydrogen (secondary N) is 1. The van der Waals surface area contributed by atoms with Crippen LogP contribution in [0.25, 0.3) is 0 Å². The Morgan fingerprint density at radius 3 is 2.62 bits per heavy atom. The molecule has 1 unspecified atom stereocenters. The van der Waals surface area contributed by atoms with Crippen molar-refractivity contribution in [1.82, 2.24) is 4.72 Å². The maximum absolute atomic E-state index is 3.50. The Bertz CT molecular complexity index is 333. The van der Waals surface area contributed by atoms with Gasteiger partial charge in [-0.3, -0.25) is 4.72 Å². The van der Waals surface area contributed by atoms with E-state index in [-0.39, 0.29) is 4.75 Å². The van der Waals surface area contributed by atoms with Crippen LogP contribution in [0.4, 0.5) is 0 Å². The van der Waals surface area contributed by atoms with Gasteiger partial charge in [0.1, 0.15) is 0 Å². The highest BCUT2D eigenvalue weighted by molar-refractivity contribution is 9.10. The van der Waals surface area contributed by atoms with Crippen LogP contribution in [0.1, 0.15) is 33.3 Å². The molecule has 16 heavy (non-hydrogen) atoms. The topological polar surface area (TPSA) is 12.0 Å². The summed E-state index contributed by atoms with van der Waals surface area (Å²) >= 11 is 5.30. The first-order valence-electron chi connectivity index (χ1n) is 5.55. The molecular weight excluding hydrogens is 282 g/mol. The van der Waals surface area contributed by atoms with Crippen LogP contribution in [0.3, 0.4) is 0 Å². The van der Waals surface area contributed by atoms with E-state index in [1.807, 2.05) is 0 Å². The first-order valence-corrected chi connectivity index (χ1v) is 7.16. The number of benzene rings is 1. The summed E-state index contributed by atoms with van der Waals surface area (Å²) in [4.78, 5) is 0. The summed E-state index contributed by atoms with van der Waals surface area (Å²) in [5.74, 6) is 0. The Labute approximate surface area is 112 Å². The molecule has 3 heteroatoms. The van der Waals surface area contributed by atoms with Gasteiger partial charge in [-0.2, -0.15) is 0 Å². The Kier molecular flexibility index (Phi) is 5.35. The largest absolute Gasteiger partial charge is 0.261 e. The lowest BCUT2D eigenvalue weighted by Crippen LogP contribution is -2.26. The van der Waals surface area contributed by atoms with E-state index in [9.17, 15) is 0 Å². The van der Waals surface area contributed by atoms with E-state index in [0.29, 0.717) is 6.04 Å². The van der Waals surface area contributed by atoms with Crippen LogP contribution in [0.15, 0.2) is 28.7 Å². The van der Waals surface area contributed by atoms with Crippen LogP contribution in [0.2, 0.25) is 0 Å². The van der Waals surface area contributed by atoms with E-state index in [0.717, 1.165) is 10.9 Å². The molecule has 0 heterocycles. The minimum atomic E-state index is 0.269. The molecule has 0 saturated carbocycles. The molecule has 0 amide bonds. The second-order valence-electron chi connectivity index (χ2n) is 5.07. The lowest BCUT2D eigenvalue weighted by Gasteiger charge is -2.21. The van der Waals surface area contributed by atoms with E-state index in [4.69, 9.17) is 0 Å². The highest BCUT2D eigenvalue weighted by atomic mass is 79.9. The number of hydrogen-bond donors (Lipinski definition) is 1. The van der Waals surface area contributed by atoms with Gasteiger partial charge in [0.25, 0.3) is 0 Å². The molecule has 1 N–H and O–H groups in total. The highest BCUT2D eigenvalue weighted by Gasteiger charge is 2.12. The monoisotopic (exact) mass is 301 g/mol. The molecule has 0 aliphatic carbocycles. The Hall–Kier alpha value is 0.01000. The summed E-state index contributed by atoms with van der Waals surface area (Å²) in [5.41, 5.74) is 1.36. The average molecular weight is 302 g/mol. The van der Waals surface area contributed by atoms with Crippen LogP contribution in [-0.2, 0) is 6.42 Å². The highest BCUT2D eigenvalue weighted by Crippen LogP contribution is 2.21. The van der Waals surface area contributed by atoms with Crippen molar-refractivity contribution < 1.29 is 0 Å². The third-order valence-electron chi connectivity index (χ3n) is 2.00. The number of rotatable bonds is 4. The summed E-state index contributed by atoms with van der Waals surface area (Å²) in [6.07, 6.45) is 1.06. The van der Waals surface area contributed by atoms with Crippen LogP contribution in [0.5, 0.6) is 0 Å². The standard InChI is InChI=1S/C13H20BrNS/c1-10(15-16-13(2,3)4)8-11-6-5-7-12(14)9-11/h5-7,9-10,15H,8H2,1-4H3. The number of halogens is 1. The van der Waals surface area contributed by atoms with Gasteiger partial charge in [-0.1, -0.05) is 40.0 Å². The molecule has 1 nitrogen and oxygen atoms in total. The second kappa shape index (κ2) is 6.08. The first-order chi connectivity index (χ1) is 7.37. The maximum Gasteiger partial charge on any atom is 0.0220 e. The Morgan fingerprint density at radius 2 is 2.06 bits per heavy atom. The molecule has 1 aromatic rings. The molecule has 1 aromatic carbocycles. The Balaban J connectivity index is 2.43. The quantitative estimate of drug-likeness (QED) is 0.827. The van der Waals surface area contributed by atoms with Gasteiger partial charge >= 0.3 is 0 Å². The normalized spacial score (nSPS) is 13.8. The van der Waals surface area contributed by atoms with Gasteiger partial charge in [0.05, 0.1) is 0 Å². The zero-order chi connectivity index (χ0) is 12.2. The molecule has 0 spiro atoms. The molecule has 0 aromatic heterocycles. The smallest absolute Gasteiger partial charge is 0.0220 e. The van der Waals surface area contributed by atoms with E-state index >= 15 is 0 Å². The van der Waals surface area contributed by atoms with Crippen LogP contribution in [0, 0.1) is 0 Å². The molecule has 1 rings (SSSR count). The summed E-state index contributed by atoms with van der Waals surface area (Å²) in [5, 5.41) is 0. The van der Waals surface area contributed by atoms with E-state index < -0.39 is 0 Å². The van der Waals surface area contributed by atoms with E-state index in [1.54, 1.807) is 11.9 Å². The molecule has 0 aliphatic rings. The summed E-state index contributed by atoms with van der Waals surface area (Å²) in [7, 11) is 0. The molecule has 0 fully saturated rings. The SMILES string of the molecule is CC(Cc1cccc(Br)c1)NSC(C)(C)C. The number of hydrogen-bond acceptors (Lipinski definition) is 2. The van der Waals surface area contributed by atoms with Crippen LogP contribution < -0.4 is 4.72 Å². The first kappa shape index (κ1) is 14.1. The average Bonchev–Trinajstić information content (AvgIpc) is 2.14. The molecule has 1 atom stereocenters. The predicted molar refractivity (Wildman–Crippen MR) is 77.8 cm³/mol. The van der Waals surface area contributed by atoms with Crippen LogP contribution >= 0.6 is 27.9 Å². The molecule has 0 saturated heterocycles. The fourth-order valence-corrected chi connectivity index (χ4v) is 2.42. The van der Waals surface area contributed by atoms with Gasteiger partial charge in [-0.05, 0) is 51.8 Å². The van der Waals surface area contributed by atoms with Crippen molar-refractivity contribution in [3.05, 3.63) is 34.3 Å². The van der Waals surface area contributed by atoms with Crippen molar-refractivity contribution >= 4 is 27.9 Å². The lowest BCUT2D eigenvalue weighted by molar-refractivity contribution is 0.675. The van der Waals surface area contributed by atoms with Crippen molar-refractivity contribution in [2.45, 2.75) is 44.9 Å². The fraction of sp³-hybridized carbons (Fsp3) is 0.538.